The summed E-state index contributed by atoms with van der Waals surface area (Å²) in [7, 11) is 1.57. The van der Waals surface area contributed by atoms with E-state index in [0.717, 1.165) is 5.56 Å². The highest BCUT2D eigenvalue weighted by atomic mass is 16.5. The minimum Gasteiger partial charge on any atom is -0.493 e. The van der Waals surface area contributed by atoms with Crippen LogP contribution in [0.3, 0.4) is 0 Å². The van der Waals surface area contributed by atoms with Gasteiger partial charge < -0.3 is 19.5 Å². The number of rotatable bonds is 9. The minimum atomic E-state index is -0.247. The number of ether oxygens (including phenoxy) is 3. The van der Waals surface area contributed by atoms with Gasteiger partial charge in [0.25, 0.3) is 0 Å². The number of hydrogen-bond donors (Lipinski definition) is 1. The van der Waals surface area contributed by atoms with Gasteiger partial charge in [-0.1, -0.05) is 18.7 Å². The van der Waals surface area contributed by atoms with Gasteiger partial charge in [-0.25, -0.2) is 0 Å². The van der Waals surface area contributed by atoms with E-state index in [-0.39, 0.29) is 5.91 Å². The van der Waals surface area contributed by atoms with Crippen LogP contribution in [0.25, 0.3) is 6.08 Å². The van der Waals surface area contributed by atoms with E-state index in [4.69, 9.17) is 14.2 Å². The molecule has 0 aliphatic heterocycles. The van der Waals surface area contributed by atoms with Crippen molar-refractivity contribution in [3.63, 3.8) is 0 Å². The quantitative estimate of drug-likeness (QED) is 0.398. The summed E-state index contributed by atoms with van der Waals surface area (Å²) in [5, 5.41) is 2.81. The van der Waals surface area contributed by atoms with E-state index in [1.807, 2.05) is 6.07 Å². The van der Waals surface area contributed by atoms with Gasteiger partial charge in [0.2, 0.25) is 5.91 Å². The van der Waals surface area contributed by atoms with Crippen molar-refractivity contribution in [1.29, 1.82) is 0 Å². The van der Waals surface area contributed by atoms with Crippen molar-refractivity contribution in [3.8, 4) is 23.0 Å². The van der Waals surface area contributed by atoms with Crippen molar-refractivity contribution in [1.82, 2.24) is 4.98 Å². The van der Waals surface area contributed by atoms with Gasteiger partial charge in [0.05, 0.1) is 7.11 Å². The molecule has 6 nitrogen and oxygen atoms in total. The Morgan fingerprint density at radius 1 is 1.03 bits per heavy atom. The predicted octanol–water partition coefficient (Wildman–Crippen LogP) is 5.10. The summed E-state index contributed by atoms with van der Waals surface area (Å²) in [6, 6.07) is 16.1. The average Bonchev–Trinajstić information content (AvgIpc) is 2.78. The fourth-order valence-corrected chi connectivity index (χ4v) is 2.56. The molecule has 0 bridgehead atoms. The Labute approximate surface area is 175 Å². The molecule has 6 heteroatoms. The van der Waals surface area contributed by atoms with Crippen LogP contribution in [0.4, 0.5) is 5.69 Å². The SMILES string of the molecule is C=CCOc1ccc(/C=C/C(=O)Nc2ccc(Oc3ccncc3)cc2)cc1OC. The van der Waals surface area contributed by atoms with Gasteiger partial charge in [-0.05, 0) is 60.2 Å². The number of carbonyl (C=O) groups is 1. The number of methoxy groups -OCH3 is 1. The number of hydrogen-bond acceptors (Lipinski definition) is 5. The third kappa shape index (κ3) is 5.97. The van der Waals surface area contributed by atoms with Crippen LogP contribution in [-0.2, 0) is 4.79 Å². The van der Waals surface area contributed by atoms with Crippen LogP contribution >= 0.6 is 0 Å². The van der Waals surface area contributed by atoms with E-state index in [2.05, 4.69) is 16.9 Å². The first kappa shape index (κ1) is 20.7. The van der Waals surface area contributed by atoms with Crippen LogP contribution in [0.2, 0.25) is 0 Å². The Morgan fingerprint density at radius 3 is 2.47 bits per heavy atom. The number of anilines is 1. The molecule has 0 aliphatic carbocycles. The summed E-state index contributed by atoms with van der Waals surface area (Å²) in [4.78, 5) is 16.2. The molecular formula is C24H22N2O4. The number of carbonyl (C=O) groups excluding carboxylic acids is 1. The first-order valence-electron chi connectivity index (χ1n) is 9.26. The van der Waals surface area contributed by atoms with E-state index in [1.165, 1.54) is 6.08 Å². The Bertz CT molecular complexity index is 1020. The lowest BCUT2D eigenvalue weighted by Gasteiger charge is -2.09. The van der Waals surface area contributed by atoms with Crippen LogP contribution < -0.4 is 19.5 Å². The molecule has 0 unspecified atom stereocenters. The lowest BCUT2D eigenvalue weighted by molar-refractivity contribution is -0.111. The number of benzene rings is 2. The number of nitrogens with one attached hydrogen (secondary N) is 1. The lowest BCUT2D eigenvalue weighted by Crippen LogP contribution is -2.07. The molecule has 1 N–H and O–H groups in total. The van der Waals surface area contributed by atoms with Gasteiger partial charge in [-0.15, -0.1) is 0 Å². The van der Waals surface area contributed by atoms with Gasteiger partial charge in [0.1, 0.15) is 18.1 Å². The second-order valence-electron chi connectivity index (χ2n) is 6.14. The summed E-state index contributed by atoms with van der Waals surface area (Å²) in [6.07, 6.45) is 8.15. The minimum absolute atomic E-state index is 0.247. The van der Waals surface area contributed by atoms with E-state index in [9.17, 15) is 4.79 Å². The van der Waals surface area contributed by atoms with Crippen LogP contribution in [0.15, 0.2) is 85.7 Å². The number of nitrogens with zero attached hydrogens (tertiary/aromatic N) is 1. The lowest BCUT2D eigenvalue weighted by atomic mass is 10.2. The predicted molar refractivity (Wildman–Crippen MR) is 117 cm³/mol. The molecule has 0 radical (unpaired) electrons. The molecule has 0 fully saturated rings. The van der Waals surface area contributed by atoms with Crippen molar-refractivity contribution in [2.45, 2.75) is 0 Å². The normalized spacial score (nSPS) is 10.4. The smallest absolute Gasteiger partial charge is 0.248 e. The molecule has 30 heavy (non-hydrogen) atoms. The Balaban J connectivity index is 1.58. The van der Waals surface area contributed by atoms with E-state index in [1.54, 1.807) is 80.2 Å². The fourth-order valence-electron chi connectivity index (χ4n) is 2.56. The van der Waals surface area contributed by atoms with Crippen molar-refractivity contribution in [2.24, 2.45) is 0 Å². The van der Waals surface area contributed by atoms with Crippen molar-refractivity contribution in [2.75, 3.05) is 19.0 Å². The highest BCUT2D eigenvalue weighted by Crippen LogP contribution is 2.28. The van der Waals surface area contributed by atoms with Gasteiger partial charge in [-0.2, -0.15) is 0 Å². The van der Waals surface area contributed by atoms with Crippen molar-refractivity contribution in [3.05, 3.63) is 91.3 Å². The molecular weight excluding hydrogens is 380 g/mol. The molecule has 0 saturated carbocycles. The zero-order valence-corrected chi connectivity index (χ0v) is 16.6. The molecule has 0 spiro atoms. The van der Waals surface area contributed by atoms with Crippen LogP contribution in [-0.4, -0.2) is 24.6 Å². The zero-order chi connectivity index (χ0) is 21.2. The van der Waals surface area contributed by atoms with Crippen molar-refractivity contribution < 1.29 is 19.0 Å². The van der Waals surface area contributed by atoms with E-state index >= 15 is 0 Å². The molecule has 1 heterocycles. The molecule has 3 rings (SSSR count). The molecule has 0 atom stereocenters. The second-order valence-corrected chi connectivity index (χ2v) is 6.14. The Kier molecular flexibility index (Phi) is 7.22. The van der Waals surface area contributed by atoms with Crippen LogP contribution in [0.5, 0.6) is 23.0 Å². The first-order chi connectivity index (χ1) is 14.7. The average molecular weight is 402 g/mol. The van der Waals surface area contributed by atoms with E-state index < -0.39 is 0 Å². The second kappa shape index (κ2) is 10.5. The molecule has 1 aromatic heterocycles. The summed E-state index contributed by atoms with van der Waals surface area (Å²) >= 11 is 0. The maximum absolute atomic E-state index is 12.2. The number of aromatic nitrogens is 1. The largest absolute Gasteiger partial charge is 0.493 e. The van der Waals surface area contributed by atoms with Gasteiger partial charge >= 0.3 is 0 Å². The zero-order valence-electron chi connectivity index (χ0n) is 16.6. The molecule has 0 saturated heterocycles. The fraction of sp³-hybridized carbons (Fsp3) is 0.0833. The molecule has 3 aromatic rings. The Morgan fingerprint density at radius 2 is 1.77 bits per heavy atom. The highest BCUT2D eigenvalue weighted by Gasteiger charge is 2.05. The van der Waals surface area contributed by atoms with Gasteiger partial charge in [-0.3, -0.25) is 9.78 Å². The van der Waals surface area contributed by atoms with Gasteiger partial charge in [0.15, 0.2) is 11.5 Å². The highest BCUT2D eigenvalue weighted by molar-refractivity contribution is 6.02. The van der Waals surface area contributed by atoms with Gasteiger partial charge in [0, 0.05) is 24.2 Å². The summed E-state index contributed by atoms with van der Waals surface area (Å²) < 4.78 is 16.6. The third-order valence-corrected chi connectivity index (χ3v) is 3.98. The summed E-state index contributed by atoms with van der Waals surface area (Å²) in [5.41, 5.74) is 1.48. The maximum atomic E-state index is 12.2. The molecule has 0 aliphatic rings. The topological polar surface area (TPSA) is 69.7 Å². The van der Waals surface area contributed by atoms with Crippen molar-refractivity contribution >= 4 is 17.7 Å². The molecule has 2 aromatic carbocycles. The third-order valence-electron chi connectivity index (χ3n) is 3.98. The molecule has 152 valence electrons. The van der Waals surface area contributed by atoms with Crippen LogP contribution in [0, 0.1) is 0 Å². The monoisotopic (exact) mass is 402 g/mol. The maximum Gasteiger partial charge on any atom is 0.248 e. The number of pyridine rings is 1. The first-order valence-corrected chi connectivity index (χ1v) is 9.26. The standard InChI is InChI=1S/C24H22N2O4/c1-3-16-29-22-10-4-18(17-23(22)28-2)5-11-24(27)26-19-6-8-20(9-7-19)30-21-12-14-25-15-13-21/h3-15,17H,1,16H2,2H3,(H,26,27)/b11-5+. The van der Waals surface area contributed by atoms with Crippen LogP contribution in [0.1, 0.15) is 5.56 Å². The summed E-state index contributed by atoms with van der Waals surface area (Å²) in [5.74, 6) is 2.32. The summed E-state index contributed by atoms with van der Waals surface area (Å²) in [6.45, 7) is 4.01. The molecule has 1 amide bonds. The number of amides is 1. The Hall–Kier alpha value is -4.06. The van der Waals surface area contributed by atoms with E-state index in [0.29, 0.717) is 35.3 Å².